The van der Waals surface area contributed by atoms with Crippen LogP contribution >= 0.6 is 0 Å². The number of ether oxygens (including phenoxy) is 1. The van der Waals surface area contributed by atoms with Crippen molar-refractivity contribution < 1.29 is 17.9 Å². The summed E-state index contributed by atoms with van der Waals surface area (Å²) in [6, 6.07) is 0. The van der Waals surface area contributed by atoms with Crippen LogP contribution < -0.4 is 0 Å². The number of hydrogen-bond acceptors (Lipinski definition) is 5. The molecule has 0 unspecified atom stereocenters. The minimum absolute atomic E-state index is 0.00307. The van der Waals surface area contributed by atoms with Gasteiger partial charge in [-0.2, -0.15) is 4.31 Å². The maximum atomic E-state index is 12.0. The first kappa shape index (κ1) is 12.1. The van der Waals surface area contributed by atoms with E-state index in [1.807, 2.05) is 0 Å². The second-order valence-corrected chi connectivity index (χ2v) is 5.80. The van der Waals surface area contributed by atoms with Crippen LogP contribution in [0.3, 0.4) is 0 Å². The van der Waals surface area contributed by atoms with Gasteiger partial charge in [0, 0.05) is 26.3 Å². The maximum Gasteiger partial charge on any atom is 0.311 e. The van der Waals surface area contributed by atoms with Crippen LogP contribution in [-0.4, -0.2) is 48.4 Å². The summed E-state index contributed by atoms with van der Waals surface area (Å²) in [6.07, 6.45) is 2.85. The highest BCUT2D eigenvalue weighted by atomic mass is 32.2. The Kier molecular flexibility index (Phi) is 2.92. The molecule has 17 heavy (non-hydrogen) atoms. The van der Waals surface area contributed by atoms with E-state index in [0.717, 1.165) is 0 Å². The normalized spacial score (nSPS) is 17.8. The van der Waals surface area contributed by atoms with Crippen molar-refractivity contribution in [2.45, 2.75) is 5.03 Å². The summed E-state index contributed by atoms with van der Waals surface area (Å²) in [5, 5.41) is 0.00307. The Balaban J connectivity index is 2.08. The van der Waals surface area contributed by atoms with Crippen molar-refractivity contribution in [3.63, 3.8) is 0 Å². The summed E-state index contributed by atoms with van der Waals surface area (Å²) in [7, 11) is -0.579. The molecule has 7 nitrogen and oxygen atoms in total. The number of nitrogens with zero attached hydrogens (tertiary/aromatic N) is 3. The minimum Gasteiger partial charge on any atom is -0.469 e. The third kappa shape index (κ3) is 2.05. The van der Waals surface area contributed by atoms with Crippen LogP contribution in [0, 0.1) is 5.92 Å². The van der Waals surface area contributed by atoms with E-state index < -0.39 is 10.0 Å². The zero-order valence-corrected chi connectivity index (χ0v) is 10.3. The van der Waals surface area contributed by atoms with E-state index >= 15 is 0 Å². The fraction of sp³-hybridized carbons (Fsp3) is 0.556. The molecule has 0 spiro atoms. The highest BCUT2D eigenvalue weighted by molar-refractivity contribution is 7.89. The van der Waals surface area contributed by atoms with E-state index in [4.69, 9.17) is 0 Å². The largest absolute Gasteiger partial charge is 0.469 e. The van der Waals surface area contributed by atoms with Gasteiger partial charge in [-0.25, -0.2) is 13.4 Å². The zero-order valence-electron chi connectivity index (χ0n) is 9.53. The molecule has 1 fully saturated rings. The lowest BCUT2D eigenvalue weighted by atomic mass is 10.0. The summed E-state index contributed by atoms with van der Waals surface area (Å²) in [6.45, 7) is 0.317. The molecule has 2 rings (SSSR count). The standard InChI is InChI=1S/C9H13N3O4S/c1-11-5-8(10-6-11)17(14,15)12-3-7(4-12)9(13)16-2/h5-7H,3-4H2,1-2H3. The van der Waals surface area contributed by atoms with Crippen molar-refractivity contribution in [3.8, 4) is 0 Å². The number of hydrogen-bond donors (Lipinski definition) is 0. The van der Waals surface area contributed by atoms with Crippen LogP contribution in [0.5, 0.6) is 0 Å². The van der Waals surface area contributed by atoms with Crippen LogP contribution in [0.1, 0.15) is 0 Å². The number of esters is 1. The summed E-state index contributed by atoms with van der Waals surface area (Å²) in [5.74, 6) is -0.740. The van der Waals surface area contributed by atoms with Crippen LogP contribution in [0.15, 0.2) is 17.6 Å². The lowest BCUT2D eigenvalue weighted by molar-refractivity contribution is -0.149. The van der Waals surface area contributed by atoms with Crippen molar-refractivity contribution in [1.29, 1.82) is 0 Å². The molecular weight excluding hydrogens is 246 g/mol. The number of sulfonamides is 1. The fourth-order valence-electron chi connectivity index (χ4n) is 1.60. The van der Waals surface area contributed by atoms with Gasteiger partial charge >= 0.3 is 5.97 Å². The molecule has 1 aromatic heterocycles. The fourth-order valence-corrected chi connectivity index (χ4v) is 3.10. The number of carbonyl (C=O) groups excluding carboxylic acids is 1. The van der Waals surface area contributed by atoms with Gasteiger partial charge in [-0.15, -0.1) is 0 Å². The molecule has 0 N–H and O–H groups in total. The second-order valence-electron chi connectivity index (χ2n) is 3.92. The number of carbonyl (C=O) groups is 1. The Morgan fingerprint density at radius 3 is 2.65 bits per heavy atom. The predicted octanol–water partition coefficient (Wildman–Crippen LogP) is -0.786. The van der Waals surface area contributed by atoms with Crippen LogP contribution in [0.2, 0.25) is 0 Å². The molecular formula is C9H13N3O4S. The highest BCUT2D eigenvalue weighted by Gasteiger charge is 2.41. The highest BCUT2D eigenvalue weighted by Crippen LogP contribution is 2.24. The number of imidazole rings is 1. The number of aromatic nitrogens is 2. The van der Waals surface area contributed by atoms with Gasteiger partial charge in [0.05, 0.1) is 19.4 Å². The Morgan fingerprint density at radius 1 is 1.53 bits per heavy atom. The van der Waals surface area contributed by atoms with Gasteiger partial charge in [-0.1, -0.05) is 0 Å². The molecule has 1 aliphatic rings. The van der Waals surface area contributed by atoms with Gasteiger partial charge < -0.3 is 9.30 Å². The van der Waals surface area contributed by atoms with Crippen molar-refractivity contribution in [2.24, 2.45) is 13.0 Å². The maximum absolute atomic E-state index is 12.0. The molecule has 0 radical (unpaired) electrons. The lowest BCUT2D eigenvalue weighted by Gasteiger charge is -2.35. The summed E-state index contributed by atoms with van der Waals surface area (Å²) in [5.41, 5.74) is 0. The molecule has 0 atom stereocenters. The first-order chi connectivity index (χ1) is 7.95. The quantitative estimate of drug-likeness (QED) is 0.665. The van der Waals surface area contributed by atoms with E-state index in [1.54, 1.807) is 11.6 Å². The van der Waals surface area contributed by atoms with E-state index in [2.05, 4.69) is 9.72 Å². The molecule has 8 heteroatoms. The van der Waals surface area contributed by atoms with E-state index in [1.165, 1.54) is 23.9 Å². The molecule has 1 aliphatic heterocycles. The van der Waals surface area contributed by atoms with Gasteiger partial charge in [-0.05, 0) is 0 Å². The van der Waals surface area contributed by atoms with Crippen molar-refractivity contribution >= 4 is 16.0 Å². The topological polar surface area (TPSA) is 81.5 Å². The molecule has 94 valence electrons. The Labute approximate surface area is 99.0 Å². The molecule has 1 saturated heterocycles. The Hall–Kier alpha value is -1.41. The molecule has 0 amide bonds. The number of aryl methyl sites for hydroxylation is 1. The number of rotatable bonds is 3. The molecule has 0 saturated carbocycles. The monoisotopic (exact) mass is 259 g/mol. The average Bonchev–Trinajstić information content (AvgIpc) is 2.62. The van der Waals surface area contributed by atoms with Crippen LogP contribution in [0.25, 0.3) is 0 Å². The molecule has 0 aliphatic carbocycles. The summed E-state index contributed by atoms with van der Waals surface area (Å²) in [4.78, 5) is 14.9. The van der Waals surface area contributed by atoms with Crippen molar-refractivity contribution in [1.82, 2.24) is 13.9 Å². The summed E-state index contributed by atoms with van der Waals surface area (Å²) >= 11 is 0. The van der Waals surface area contributed by atoms with Gasteiger partial charge in [-0.3, -0.25) is 4.79 Å². The van der Waals surface area contributed by atoms with Crippen molar-refractivity contribution in [2.75, 3.05) is 20.2 Å². The van der Waals surface area contributed by atoms with E-state index in [0.29, 0.717) is 0 Å². The molecule has 0 aromatic carbocycles. The van der Waals surface area contributed by atoms with Gasteiger partial charge in [0.15, 0.2) is 5.03 Å². The van der Waals surface area contributed by atoms with Crippen LogP contribution in [-0.2, 0) is 26.6 Å². The third-order valence-electron chi connectivity index (χ3n) is 2.67. The van der Waals surface area contributed by atoms with Crippen LogP contribution in [0.4, 0.5) is 0 Å². The first-order valence-electron chi connectivity index (χ1n) is 5.01. The lowest BCUT2D eigenvalue weighted by Crippen LogP contribution is -2.53. The van der Waals surface area contributed by atoms with Gasteiger partial charge in [0.1, 0.15) is 0 Å². The SMILES string of the molecule is COC(=O)C1CN(S(=O)(=O)c2cn(C)cn2)C1. The minimum atomic E-state index is -3.56. The van der Waals surface area contributed by atoms with E-state index in [-0.39, 0.29) is 30.0 Å². The molecule has 2 heterocycles. The predicted molar refractivity (Wildman–Crippen MR) is 57.5 cm³/mol. The Morgan fingerprint density at radius 2 is 2.18 bits per heavy atom. The van der Waals surface area contributed by atoms with Gasteiger partial charge in [0.25, 0.3) is 10.0 Å². The second kappa shape index (κ2) is 4.11. The third-order valence-corrected chi connectivity index (χ3v) is 4.39. The summed E-state index contributed by atoms with van der Waals surface area (Å²) < 4.78 is 31.3. The van der Waals surface area contributed by atoms with Gasteiger partial charge in [0.2, 0.25) is 0 Å². The first-order valence-corrected chi connectivity index (χ1v) is 6.45. The van der Waals surface area contributed by atoms with E-state index in [9.17, 15) is 13.2 Å². The molecule has 1 aromatic rings. The number of methoxy groups -OCH3 is 1. The smallest absolute Gasteiger partial charge is 0.311 e. The molecule has 0 bridgehead atoms. The van der Waals surface area contributed by atoms with Crippen molar-refractivity contribution in [3.05, 3.63) is 12.5 Å². The zero-order chi connectivity index (χ0) is 12.6. The average molecular weight is 259 g/mol. The Bertz CT molecular complexity index is 530.